The zero-order valence-electron chi connectivity index (χ0n) is 12.4. The summed E-state index contributed by atoms with van der Waals surface area (Å²) in [6.07, 6.45) is 1.55. The van der Waals surface area contributed by atoms with Gasteiger partial charge in [0.15, 0.2) is 6.61 Å². The average molecular weight is 298 g/mol. The third kappa shape index (κ3) is 4.94. The molecule has 0 saturated carbocycles. The number of carbonyl (C=O) groups is 1. The van der Waals surface area contributed by atoms with Gasteiger partial charge < -0.3 is 9.47 Å². The molecule has 0 aromatic heterocycles. The van der Waals surface area contributed by atoms with Gasteiger partial charge in [-0.25, -0.2) is 5.43 Å². The van der Waals surface area contributed by atoms with Crippen molar-refractivity contribution in [2.75, 3.05) is 13.2 Å². The molecule has 5 nitrogen and oxygen atoms in total. The van der Waals surface area contributed by atoms with Crippen LogP contribution in [-0.2, 0) is 4.79 Å². The topological polar surface area (TPSA) is 59.9 Å². The zero-order valence-corrected chi connectivity index (χ0v) is 12.4. The number of hydrazone groups is 1. The fourth-order valence-electron chi connectivity index (χ4n) is 1.75. The normalized spacial score (nSPS) is 10.4. The van der Waals surface area contributed by atoms with Crippen LogP contribution in [0.4, 0.5) is 0 Å². The lowest BCUT2D eigenvalue weighted by Crippen LogP contribution is -2.24. The Morgan fingerprint density at radius 3 is 2.59 bits per heavy atom. The molecule has 0 radical (unpaired) electrons. The molecule has 1 amide bonds. The summed E-state index contributed by atoms with van der Waals surface area (Å²) in [5, 5.41) is 3.91. The van der Waals surface area contributed by atoms with Gasteiger partial charge in [-0.15, -0.1) is 0 Å². The molecule has 0 aliphatic heterocycles. The Morgan fingerprint density at radius 1 is 1.09 bits per heavy atom. The van der Waals surface area contributed by atoms with Crippen molar-refractivity contribution in [2.24, 2.45) is 5.10 Å². The van der Waals surface area contributed by atoms with Crippen LogP contribution in [0.15, 0.2) is 59.7 Å². The summed E-state index contributed by atoms with van der Waals surface area (Å²) in [6.45, 7) is 2.40. The van der Waals surface area contributed by atoms with E-state index in [2.05, 4.69) is 10.5 Å². The Balaban J connectivity index is 1.83. The minimum Gasteiger partial charge on any atom is -0.493 e. The first-order chi connectivity index (χ1) is 10.8. The molecule has 22 heavy (non-hydrogen) atoms. The van der Waals surface area contributed by atoms with E-state index in [0.717, 1.165) is 11.3 Å². The highest BCUT2D eigenvalue weighted by Crippen LogP contribution is 2.15. The molecule has 0 spiro atoms. The van der Waals surface area contributed by atoms with E-state index in [4.69, 9.17) is 9.47 Å². The van der Waals surface area contributed by atoms with Crippen molar-refractivity contribution in [1.29, 1.82) is 0 Å². The molecule has 0 aliphatic carbocycles. The zero-order chi connectivity index (χ0) is 15.6. The number of benzene rings is 2. The molecule has 0 saturated heterocycles. The number of hydrogen-bond donors (Lipinski definition) is 1. The fraction of sp³-hybridized carbons (Fsp3) is 0.176. The number of para-hydroxylation sites is 2. The highest BCUT2D eigenvalue weighted by Gasteiger charge is 2.02. The lowest BCUT2D eigenvalue weighted by Gasteiger charge is -2.06. The van der Waals surface area contributed by atoms with E-state index in [0.29, 0.717) is 12.4 Å². The van der Waals surface area contributed by atoms with Crippen molar-refractivity contribution in [3.8, 4) is 11.5 Å². The number of carbonyl (C=O) groups excluding carboxylic acids is 1. The molecule has 114 valence electrons. The first kappa shape index (κ1) is 15.6. The molecular formula is C17H18N2O3. The summed E-state index contributed by atoms with van der Waals surface area (Å²) in [7, 11) is 0. The van der Waals surface area contributed by atoms with Gasteiger partial charge in [0.2, 0.25) is 0 Å². The van der Waals surface area contributed by atoms with E-state index in [-0.39, 0.29) is 12.5 Å². The Morgan fingerprint density at radius 2 is 1.82 bits per heavy atom. The number of hydrogen-bond acceptors (Lipinski definition) is 4. The highest BCUT2D eigenvalue weighted by molar-refractivity contribution is 5.85. The van der Waals surface area contributed by atoms with Gasteiger partial charge in [-0.1, -0.05) is 30.3 Å². The van der Waals surface area contributed by atoms with Gasteiger partial charge in [-0.05, 0) is 31.2 Å². The molecule has 0 atom stereocenters. The lowest BCUT2D eigenvalue weighted by atomic mass is 10.2. The molecule has 0 heterocycles. The predicted octanol–water partition coefficient (Wildman–Crippen LogP) is 2.61. The van der Waals surface area contributed by atoms with Crippen molar-refractivity contribution in [3.63, 3.8) is 0 Å². The van der Waals surface area contributed by atoms with Gasteiger partial charge in [0.05, 0.1) is 12.8 Å². The van der Waals surface area contributed by atoms with Crippen LogP contribution in [0.2, 0.25) is 0 Å². The van der Waals surface area contributed by atoms with Crippen LogP contribution in [0.1, 0.15) is 12.5 Å². The molecule has 2 aromatic rings. The Bertz CT molecular complexity index is 627. The van der Waals surface area contributed by atoms with Crippen LogP contribution >= 0.6 is 0 Å². The molecule has 0 aliphatic rings. The summed E-state index contributed by atoms with van der Waals surface area (Å²) in [6, 6.07) is 16.6. The molecule has 2 rings (SSSR count). The van der Waals surface area contributed by atoms with E-state index < -0.39 is 0 Å². The minimum atomic E-state index is -0.325. The van der Waals surface area contributed by atoms with Crippen molar-refractivity contribution in [1.82, 2.24) is 5.43 Å². The third-order valence-corrected chi connectivity index (χ3v) is 2.72. The maximum absolute atomic E-state index is 11.6. The number of amides is 1. The van der Waals surface area contributed by atoms with Crippen molar-refractivity contribution in [3.05, 3.63) is 60.2 Å². The second kappa shape index (κ2) is 8.46. The molecular weight excluding hydrogens is 280 g/mol. The quantitative estimate of drug-likeness (QED) is 0.631. The minimum absolute atomic E-state index is 0.0888. The summed E-state index contributed by atoms with van der Waals surface area (Å²) >= 11 is 0. The summed E-state index contributed by atoms with van der Waals surface area (Å²) < 4.78 is 10.8. The summed E-state index contributed by atoms with van der Waals surface area (Å²) in [4.78, 5) is 11.6. The van der Waals surface area contributed by atoms with Crippen LogP contribution in [-0.4, -0.2) is 25.3 Å². The number of nitrogens with one attached hydrogen (secondary N) is 1. The molecule has 0 unspecified atom stereocenters. The monoisotopic (exact) mass is 298 g/mol. The number of nitrogens with zero attached hydrogens (tertiary/aromatic N) is 1. The van der Waals surface area contributed by atoms with E-state index >= 15 is 0 Å². The Labute approximate surface area is 129 Å². The van der Waals surface area contributed by atoms with E-state index in [1.54, 1.807) is 18.3 Å². The van der Waals surface area contributed by atoms with Crippen LogP contribution in [0.5, 0.6) is 11.5 Å². The molecule has 0 fully saturated rings. The van der Waals surface area contributed by atoms with E-state index in [9.17, 15) is 4.79 Å². The molecule has 1 N–H and O–H groups in total. The first-order valence-corrected chi connectivity index (χ1v) is 7.01. The third-order valence-electron chi connectivity index (χ3n) is 2.72. The van der Waals surface area contributed by atoms with Gasteiger partial charge in [-0.2, -0.15) is 5.10 Å². The smallest absolute Gasteiger partial charge is 0.277 e. The van der Waals surface area contributed by atoms with Gasteiger partial charge >= 0.3 is 0 Å². The van der Waals surface area contributed by atoms with Crippen LogP contribution in [0.3, 0.4) is 0 Å². The predicted molar refractivity (Wildman–Crippen MR) is 85.3 cm³/mol. The Kier molecular flexibility index (Phi) is 5.99. The standard InChI is InChI=1S/C17H18N2O3/c1-2-21-16-11-7-6-8-14(16)12-18-19-17(20)13-22-15-9-4-3-5-10-15/h3-12H,2,13H2,1H3,(H,19,20)/b18-12+. The molecule has 0 bridgehead atoms. The fourth-order valence-corrected chi connectivity index (χ4v) is 1.75. The first-order valence-electron chi connectivity index (χ1n) is 7.01. The van der Waals surface area contributed by atoms with Crippen molar-refractivity contribution < 1.29 is 14.3 Å². The van der Waals surface area contributed by atoms with Crippen molar-refractivity contribution in [2.45, 2.75) is 6.92 Å². The number of rotatable bonds is 7. The SMILES string of the molecule is CCOc1ccccc1/C=N/NC(=O)COc1ccccc1. The molecule has 5 heteroatoms. The van der Waals surface area contributed by atoms with Gasteiger partial charge in [0.25, 0.3) is 5.91 Å². The largest absolute Gasteiger partial charge is 0.493 e. The summed E-state index contributed by atoms with van der Waals surface area (Å²) in [5.41, 5.74) is 3.22. The average Bonchev–Trinajstić information content (AvgIpc) is 2.56. The molecule has 2 aromatic carbocycles. The second-order valence-electron chi connectivity index (χ2n) is 4.37. The van der Waals surface area contributed by atoms with Gasteiger partial charge in [0.1, 0.15) is 11.5 Å². The van der Waals surface area contributed by atoms with Crippen molar-refractivity contribution >= 4 is 12.1 Å². The van der Waals surface area contributed by atoms with Crippen LogP contribution in [0.25, 0.3) is 0 Å². The van der Waals surface area contributed by atoms with Gasteiger partial charge in [0, 0.05) is 5.56 Å². The van der Waals surface area contributed by atoms with E-state index in [1.165, 1.54) is 0 Å². The van der Waals surface area contributed by atoms with Crippen LogP contribution in [0, 0.1) is 0 Å². The summed E-state index contributed by atoms with van der Waals surface area (Å²) in [5.74, 6) is 1.04. The maximum atomic E-state index is 11.6. The number of ether oxygens (including phenoxy) is 2. The second-order valence-corrected chi connectivity index (χ2v) is 4.37. The van der Waals surface area contributed by atoms with Gasteiger partial charge in [-0.3, -0.25) is 4.79 Å². The van der Waals surface area contributed by atoms with E-state index in [1.807, 2.05) is 49.4 Å². The highest BCUT2D eigenvalue weighted by atomic mass is 16.5. The maximum Gasteiger partial charge on any atom is 0.277 e. The lowest BCUT2D eigenvalue weighted by molar-refractivity contribution is -0.123. The Hall–Kier alpha value is -2.82. The van der Waals surface area contributed by atoms with Crippen LogP contribution < -0.4 is 14.9 Å².